The predicted molar refractivity (Wildman–Crippen MR) is 46.4 cm³/mol. The highest BCUT2D eigenvalue weighted by molar-refractivity contribution is 5.45. The molecular weight excluding hydrogens is 156 g/mol. The van der Waals surface area contributed by atoms with Gasteiger partial charge in [0.05, 0.1) is 12.1 Å². The molecular formula is C7H16N4O. The molecule has 0 rings (SSSR count). The molecule has 0 bridgehead atoms. The molecule has 0 aromatic rings. The molecule has 0 saturated carbocycles. The summed E-state index contributed by atoms with van der Waals surface area (Å²) in [6.45, 7) is 6.51. The Kier molecular flexibility index (Phi) is 4.43. The largest absolute Gasteiger partial charge is 0.329 e. The van der Waals surface area contributed by atoms with Crippen molar-refractivity contribution >= 4 is 6.41 Å². The van der Waals surface area contributed by atoms with Gasteiger partial charge in [0.25, 0.3) is 0 Å². The molecule has 0 fully saturated rings. The third kappa shape index (κ3) is 5.79. The topological polar surface area (TPSA) is 71.0 Å². The first-order chi connectivity index (χ1) is 5.49. The van der Waals surface area contributed by atoms with Crippen LogP contribution in [-0.4, -0.2) is 30.0 Å². The number of hydrogen-bond acceptors (Lipinski definition) is 4. The molecule has 0 saturated heterocycles. The van der Waals surface area contributed by atoms with Gasteiger partial charge in [0.1, 0.15) is 0 Å². The highest BCUT2D eigenvalue weighted by Crippen LogP contribution is 2.06. The van der Waals surface area contributed by atoms with E-state index in [9.17, 15) is 4.79 Å². The van der Waals surface area contributed by atoms with Gasteiger partial charge in [0.2, 0.25) is 6.41 Å². The van der Waals surface area contributed by atoms with E-state index in [0.717, 1.165) is 0 Å². The highest BCUT2D eigenvalue weighted by atomic mass is 16.1. The fourth-order valence-corrected chi connectivity index (χ4v) is 0.442. The average Bonchev–Trinajstić information content (AvgIpc) is 1.96. The Balaban J connectivity index is 4.01. The van der Waals surface area contributed by atoms with Crippen molar-refractivity contribution in [3.05, 3.63) is 0 Å². The fourth-order valence-electron chi connectivity index (χ4n) is 0.442. The second kappa shape index (κ2) is 4.82. The molecule has 0 aliphatic heterocycles. The number of amides is 1. The molecule has 0 heterocycles. The van der Waals surface area contributed by atoms with Crippen LogP contribution in [0.1, 0.15) is 20.8 Å². The van der Waals surface area contributed by atoms with E-state index in [1.54, 1.807) is 0 Å². The van der Waals surface area contributed by atoms with E-state index < -0.39 is 0 Å². The van der Waals surface area contributed by atoms with Gasteiger partial charge in [0.15, 0.2) is 0 Å². The van der Waals surface area contributed by atoms with E-state index in [0.29, 0.717) is 19.5 Å². The lowest BCUT2D eigenvalue weighted by Crippen LogP contribution is -2.24. The summed E-state index contributed by atoms with van der Waals surface area (Å²) in [5.41, 5.74) is 4.99. The Morgan fingerprint density at radius 3 is 2.42 bits per heavy atom. The van der Waals surface area contributed by atoms with Gasteiger partial charge in [0, 0.05) is 6.54 Å². The summed E-state index contributed by atoms with van der Waals surface area (Å²) in [6.07, 6.45) is 0.613. The minimum absolute atomic E-state index is 0.254. The Hall–Kier alpha value is -0.970. The van der Waals surface area contributed by atoms with E-state index in [4.69, 9.17) is 5.73 Å². The maximum absolute atomic E-state index is 10.3. The molecule has 5 nitrogen and oxygen atoms in total. The molecule has 0 aromatic carbocycles. The molecule has 12 heavy (non-hydrogen) atoms. The number of carbonyl (C=O) groups is 1. The first-order valence-electron chi connectivity index (χ1n) is 3.84. The standard InChI is InChI=1S/C7H16N4O/c1-7(2,3)9-10-11(6-12)5-4-8/h6H,4-5,8H2,1-3H3/b10-9+. The summed E-state index contributed by atoms with van der Waals surface area (Å²) in [7, 11) is 0. The molecule has 0 spiro atoms. The molecule has 0 aliphatic rings. The average molecular weight is 172 g/mol. The molecule has 70 valence electrons. The minimum Gasteiger partial charge on any atom is -0.329 e. The summed E-state index contributed by atoms with van der Waals surface area (Å²) in [5, 5.41) is 8.81. The first-order valence-corrected chi connectivity index (χ1v) is 3.84. The Morgan fingerprint density at radius 2 is 2.08 bits per heavy atom. The van der Waals surface area contributed by atoms with E-state index in [2.05, 4.69) is 10.3 Å². The summed E-state index contributed by atoms with van der Waals surface area (Å²) in [5.74, 6) is 0. The van der Waals surface area contributed by atoms with Crippen molar-refractivity contribution in [1.82, 2.24) is 5.01 Å². The molecule has 5 heteroatoms. The molecule has 1 amide bonds. The van der Waals surface area contributed by atoms with Crippen LogP contribution < -0.4 is 5.73 Å². The van der Waals surface area contributed by atoms with E-state index in [1.807, 2.05) is 20.8 Å². The van der Waals surface area contributed by atoms with Gasteiger partial charge in [-0.05, 0) is 20.8 Å². The smallest absolute Gasteiger partial charge is 0.231 e. The van der Waals surface area contributed by atoms with Crippen LogP contribution in [0.25, 0.3) is 0 Å². The van der Waals surface area contributed by atoms with Crippen molar-refractivity contribution in [2.75, 3.05) is 13.1 Å². The monoisotopic (exact) mass is 172 g/mol. The zero-order valence-electron chi connectivity index (χ0n) is 7.82. The first kappa shape index (κ1) is 11.0. The number of carbonyl (C=O) groups excluding carboxylic acids is 1. The van der Waals surface area contributed by atoms with Crippen LogP contribution in [0.2, 0.25) is 0 Å². The lowest BCUT2D eigenvalue weighted by atomic mass is 10.1. The van der Waals surface area contributed by atoms with Gasteiger partial charge in [-0.3, -0.25) is 4.79 Å². The zero-order valence-corrected chi connectivity index (χ0v) is 7.82. The fraction of sp³-hybridized carbons (Fsp3) is 0.857. The van der Waals surface area contributed by atoms with Crippen molar-refractivity contribution in [3.8, 4) is 0 Å². The van der Waals surface area contributed by atoms with Crippen molar-refractivity contribution in [2.24, 2.45) is 16.1 Å². The van der Waals surface area contributed by atoms with E-state index in [-0.39, 0.29) is 5.54 Å². The van der Waals surface area contributed by atoms with Gasteiger partial charge in [-0.15, -0.1) is 0 Å². The summed E-state index contributed by atoms with van der Waals surface area (Å²) < 4.78 is 0. The predicted octanol–water partition coefficient (Wildman–Crippen LogP) is 0.569. The summed E-state index contributed by atoms with van der Waals surface area (Å²) in [6, 6.07) is 0. The second-order valence-electron chi connectivity index (χ2n) is 3.42. The van der Waals surface area contributed by atoms with Gasteiger partial charge in [-0.25, -0.2) is 5.01 Å². The molecule has 0 aromatic heterocycles. The molecule has 0 aliphatic carbocycles. The van der Waals surface area contributed by atoms with Gasteiger partial charge in [-0.2, -0.15) is 5.11 Å². The Morgan fingerprint density at radius 1 is 1.50 bits per heavy atom. The lowest BCUT2D eigenvalue weighted by molar-refractivity contribution is -0.118. The van der Waals surface area contributed by atoms with Crippen molar-refractivity contribution in [2.45, 2.75) is 26.3 Å². The van der Waals surface area contributed by atoms with Gasteiger partial charge in [-0.1, -0.05) is 5.22 Å². The third-order valence-electron chi connectivity index (χ3n) is 0.939. The number of nitrogens with two attached hydrogens (primary N) is 1. The van der Waals surface area contributed by atoms with E-state index in [1.165, 1.54) is 5.01 Å². The number of nitrogens with zero attached hydrogens (tertiary/aromatic N) is 3. The Bertz CT molecular complexity index is 161. The van der Waals surface area contributed by atoms with Gasteiger partial charge < -0.3 is 5.73 Å². The van der Waals surface area contributed by atoms with Crippen LogP contribution in [0.3, 0.4) is 0 Å². The quantitative estimate of drug-likeness (QED) is 0.382. The van der Waals surface area contributed by atoms with Crippen molar-refractivity contribution in [1.29, 1.82) is 0 Å². The number of hydrogen-bond donors (Lipinski definition) is 1. The second-order valence-corrected chi connectivity index (χ2v) is 3.42. The van der Waals surface area contributed by atoms with Crippen LogP contribution >= 0.6 is 0 Å². The SMILES string of the molecule is CC(C)(C)/N=N/N(C=O)CCN. The highest BCUT2D eigenvalue weighted by Gasteiger charge is 2.07. The maximum Gasteiger partial charge on any atom is 0.231 e. The molecule has 0 atom stereocenters. The maximum atomic E-state index is 10.3. The van der Waals surface area contributed by atoms with Crippen LogP contribution in [0.15, 0.2) is 10.3 Å². The normalized spacial score (nSPS) is 12.0. The molecule has 0 unspecified atom stereocenters. The van der Waals surface area contributed by atoms with Crippen LogP contribution in [0.4, 0.5) is 0 Å². The van der Waals surface area contributed by atoms with Crippen LogP contribution in [0, 0.1) is 0 Å². The number of rotatable bonds is 4. The van der Waals surface area contributed by atoms with Crippen molar-refractivity contribution < 1.29 is 4.79 Å². The lowest BCUT2D eigenvalue weighted by Gasteiger charge is -2.12. The third-order valence-corrected chi connectivity index (χ3v) is 0.939. The van der Waals surface area contributed by atoms with Gasteiger partial charge >= 0.3 is 0 Å². The zero-order chi connectivity index (χ0) is 9.61. The molecule has 0 radical (unpaired) electrons. The van der Waals surface area contributed by atoms with Crippen LogP contribution in [-0.2, 0) is 4.79 Å². The van der Waals surface area contributed by atoms with Crippen LogP contribution in [0.5, 0.6) is 0 Å². The Labute approximate surface area is 72.6 Å². The van der Waals surface area contributed by atoms with Crippen molar-refractivity contribution in [3.63, 3.8) is 0 Å². The van der Waals surface area contributed by atoms with E-state index >= 15 is 0 Å². The minimum atomic E-state index is -0.254. The summed E-state index contributed by atoms with van der Waals surface area (Å²) >= 11 is 0. The molecule has 2 N–H and O–H groups in total. The summed E-state index contributed by atoms with van der Waals surface area (Å²) in [4.78, 5) is 10.3.